The molecular formula is C23H19N2O2+. The van der Waals surface area contributed by atoms with Crippen molar-refractivity contribution in [3.63, 3.8) is 0 Å². The van der Waals surface area contributed by atoms with Gasteiger partial charge in [-0.15, -0.1) is 0 Å². The lowest BCUT2D eigenvalue weighted by Gasteiger charge is -2.08. The minimum atomic E-state index is -0.345. The van der Waals surface area contributed by atoms with Gasteiger partial charge in [-0.1, -0.05) is 54.6 Å². The number of hydrogen-bond acceptors (Lipinski definition) is 2. The Kier molecular flexibility index (Phi) is 4.62. The molecule has 0 saturated carbocycles. The number of non-ortho nitro benzene ring substituents is 1. The maximum Gasteiger partial charge on any atom is 0.269 e. The first kappa shape index (κ1) is 16.9. The zero-order valence-corrected chi connectivity index (χ0v) is 14.8. The van der Waals surface area contributed by atoms with Crippen LogP contribution in [0.2, 0.25) is 0 Å². The van der Waals surface area contributed by atoms with E-state index in [1.165, 1.54) is 17.0 Å². The number of benzene rings is 3. The molecule has 27 heavy (non-hydrogen) atoms. The number of nitro groups is 1. The van der Waals surface area contributed by atoms with Gasteiger partial charge in [0.1, 0.15) is 0 Å². The number of rotatable bonds is 5. The van der Waals surface area contributed by atoms with Crippen LogP contribution in [0.25, 0.3) is 10.9 Å². The molecule has 0 spiro atoms. The predicted molar refractivity (Wildman–Crippen MR) is 106 cm³/mol. The molecule has 0 aliphatic heterocycles. The summed E-state index contributed by atoms with van der Waals surface area (Å²) in [4.78, 5) is 10.7. The number of nitro benzene ring substituents is 1. The topological polar surface area (TPSA) is 47.0 Å². The molecule has 0 radical (unpaired) electrons. The molecule has 4 nitrogen and oxygen atoms in total. The molecule has 132 valence electrons. The van der Waals surface area contributed by atoms with Crippen molar-refractivity contribution in [1.82, 2.24) is 0 Å². The molecule has 1 heterocycles. The maximum absolute atomic E-state index is 11.1. The highest BCUT2D eigenvalue weighted by atomic mass is 16.6. The number of fused-ring (bicyclic) bond motifs is 1. The third kappa shape index (κ3) is 3.70. The summed E-state index contributed by atoms with van der Waals surface area (Å²) in [5.74, 6) is 0. The largest absolute Gasteiger partial charge is 0.269 e. The van der Waals surface area contributed by atoms with E-state index in [-0.39, 0.29) is 10.6 Å². The van der Waals surface area contributed by atoms with Crippen molar-refractivity contribution in [1.29, 1.82) is 0 Å². The Morgan fingerprint density at radius 2 is 1.52 bits per heavy atom. The molecule has 0 unspecified atom stereocenters. The van der Waals surface area contributed by atoms with Gasteiger partial charge < -0.3 is 0 Å². The summed E-state index contributed by atoms with van der Waals surface area (Å²) in [7, 11) is 0. The van der Waals surface area contributed by atoms with E-state index in [0.717, 1.165) is 23.3 Å². The summed E-state index contributed by atoms with van der Waals surface area (Å²) >= 11 is 0. The zero-order chi connectivity index (χ0) is 18.6. The summed E-state index contributed by atoms with van der Waals surface area (Å²) in [5, 5.41) is 12.3. The van der Waals surface area contributed by atoms with Crippen LogP contribution in [-0.2, 0) is 13.0 Å². The van der Waals surface area contributed by atoms with Gasteiger partial charge >= 0.3 is 0 Å². The molecule has 0 atom stereocenters. The van der Waals surface area contributed by atoms with Gasteiger partial charge in [-0.3, -0.25) is 10.1 Å². The number of aromatic nitrogens is 1. The van der Waals surface area contributed by atoms with Crippen LogP contribution in [0.1, 0.15) is 16.8 Å². The molecule has 0 aliphatic carbocycles. The molecular weight excluding hydrogens is 336 g/mol. The minimum Gasteiger partial charge on any atom is -0.258 e. The second kappa shape index (κ2) is 7.38. The average Bonchev–Trinajstić information content (AvgIpc) is 2.71. The Morgan fingerprint density at radius 3 is 2.33 bits per heavy atom. The summed E-state index contributed by atoms with van der Waals surface area (Å²) in [6, 6.07) is 29.7. The molecule has 1 aromatic heterocycles. The van der Waals surface area contributed by atoms with Crippen LogP contribution in [-0.4, -0.2) is 4.92 Å². The molecule has 3 aromatic carbocycles. The molecule has 4 aromatic rings. The molecule has 4 heteroatoms. The highest BCUT2D eigenvalue weighted by Gasteiger charge is 2.17. The van der Waals surface area contributed by atoms with Gasteiger partial charge in [0.2, 0.25) is 5.52 Å². The Labute approximate surface area is 157 Å². The van der Waals surface area contributed by atoms with Crippen LogP contribution in [0, 0.1) is 10.1 Å². The second-order valence-corrected chi connectivity index (χ2v) is 6.56. The van der Waals surface area contributed by atoms with Gasteiger partial charge in [-0.05, 0) is 17.7 Å². The van der Waals surface area contributed by atoms with Crippen LogP contribution in [0.5, 0.6) is 0 Å². The van der Waals surface area contributed by atoms with Crippen molar-refractivity contribution in [2.45, 2.75) is 13.0 Å². The lowest BCUT2D eigenvalue weighted by molar-refractivity contribution is -0.669. The van der Waals surface area contributed by atoms with Crippen molar-refractivity contribution < 1.29 is 9.49 Å². The SMILES string of the molecule is O=[N+]([O-])c1cccc(Cc2ccc3ccccc3[n+]2Cc2ccccc2)c1. The van der Waals surface area contributed by atoms with Crippen molar-refractivity contribution >= 4 is 16.6 Å². The molecule has 0 saturated heterocycles. The van der Waals surface area contributed by atoms with E-state index in [4.69, 9.17) is 0 Å². The van der Waals surface area contributed by atoms with Gasteiger partial charge in [0.05, 0.1) is 11.3 Å². The minimum absolute atomic E-state index is 0.128. The van der Waals surface area contributed by atoms with Gasteiger partial charge in [-0.2, -0.15) is 4.57 Å². The fourth-order valence-corrected chi connectivity index (χ4v) is 3.40. The normalized spacial score (nSPS) is 10.8. The highest BCUT2D eigenvalue weighted by molar-refractivity contribution is 5.75. The first-order valence-electron chi connectivity index (χ1n) is 8.88. The molecule has 0 amide bonds. The fourth-order valence-electron chi connectivity index (χ4n) is 3.40. The van der Waals surface area contributed by atoms with E-state index in [2.05, 4.69) is 41.0 Å². The molecule has 0 aliphatic rings. The Hall–Kier alpha value is -3.53. The predicted octanol–water partition coefficient (Wildman–Crippen LogP) is 4.67. The maximum atomic E-state index is 11.1. The first-order valence-corrected chi connectivity index (χ1v) is 8.88. The monoisotopic (exact) mass is 355 g/mol. The van der Waals surface area contributed by atoms with Crippen molar-refractivity contribution in [3.05, 3.63) is 118 Å². The van der Waals surface area contributed by atoms with Crippen LogP contribution in [0.4, 0.5) is 5.69 Å². The second-order valence-electron chi connectivity index (χ2n) is 6.56. The van der Waals surface area contributed by atoms with Crippen molar-refractivity contribution in [2.24, 2.45) is 0 Å². The average molecular weight is 355 g/mol. The number of nitrogens with zero attached hydrogens (tertiary/aromatic N) is 2. The third-order valence-corrected chi connectivity index (χ3v) is 4.72. The standard InChI is InChI=1S/C23H19N2O2/c26-25(27)22-11-6-9-19(16-22)15-21-14-13-20-10-4-5-12-23(20)24(21)17-18-7-2-1-3-8-18/h1-14,16H,15,17H2/q+1. The smallest absolute Gasteiger partial charge is 0.258 e. The zero-order valence-electron chi connectivity index (χ0n) is 14.8. The van der Waals surface area contributed by atoms with Gasteiger partial charge in [0.15, 0.2) is 12.2 Å². The first-order chi connectivity index (χ1) is 13.2. The Bertz CT molecular complexity index is 1110. The van der Waals surface area contributed by atoms with Crippen molar-refractivity contribution in [3.8, 4) is 0 Å². The number of pyridine rings is 1. The van der Waals surface area contributed by atoms with E-state index in [9.17, 15) is 10.1 Å². The van der Waals surface area contributed by atoms with Crippen LogP contribution >= 0.6 is 0 Å². The van der Waals surface area contributed by atoms with E-state index in [1.54, 1.807) is 12.1 Å². The lowest BCUT2D eigenvalue weighted by atomic mass is 10.1. The lowest BCUT2D eigenvalue weighted by Crippen LogP contribution is -2.40. The highest BCUT2D eigenvalue weighted by Crippen LogP contribution is 2.18. The van der Waals surface area contributed by atoms with E-state index < -0.39 is 0 Å². The Balaban J connectivity index is 1.79. The molecule has 4 rings (SSSR count). The van der Waals surface area contributed by atoms with Crippen LogP contribution in [0.3, 0.4) is 0 Å². The van der Waals surface area contributed by atoms with Crippen LogP contribution < -0.4 is 4.57 Å². The summed E-state index contributed by atoms with van der Waals surface area (Å²) < 4.78 is 2.30. The summed E-state index contributed by atoms with van der Waals surface area (Å²) in [5.41, 5.74) is 4.56. The van der Waals surface area contributed by atoms with Crippen LogP contribution in [0.15, 0.2) is 91.0 Å². The fraction of sp³-hybridized carbons (Fsp3) is 0.0870. The molecule has 0 N–H and O–H groups in total. The van der Waals surface area contributed by atoms with E-state index >= 15 is 0 Å². The number of para-hydroxylation sites is 1. The van der Waals surface area contributed by atoms with Gasteiger partial charge in [0, 0.05) is 35.2 Å². The number of hydrogen-bond donors (Lipinski definition) is 0. The molecule has 0 fully saturated rings. The van der Waals surface area contributed by atoms with Crippen molar-refractivity contribution in [2.75, 3.05) is 0 Å². The Morgan fingerprint density at radius 1 is 0.778 bits per heavy atom. The summed E-state index contributed by atoms with van der Waals surface area (Å²) in [6.45, 7) is 0.756. The van der Waals surface area contributed by atoms with Gasteiger partial charge in [0.25, 0.3) is 5.69 Å². The van der Waals surface area contributed by atoms with Gasteiger partial charge in [-0.25, -0.2) is 0 Å². The third-order valence-electron chi connectivity index (χ3n) is 4.72. The van der Waals surface area contributed by atoms with E-state index in [0.29, 0.717) is 6.42 Å². The van der Waals surface area contributed by atoms with E-state index in [1.807, 2.05) is 36.4 Å². The summed E-state index contributed by atoms with van der Waals surface area (Å²) in [6.07, 6.45) is 0.638. The molecule has 0 bridgehead atoms. The quantitative estimate of drug-likeness (QED) is 0.297.